The number of quaternary nitrogens is 1. The van der Waals surface area contributed by atoms with Crippen molar-refractivity contribution in [1.82, 2.24) is 0 Å². The van der Waals surface area contributed by atoms with Gasteiger partial charge in [0.2, 0.25) is 0 Å². The number of ether oxygens (including phenoxy) is 2. The predicted octanol–water partition coefficient (Wildman–Crippen LogP) is 27.6. The van der Waals surface area contributed by atoms with Crippen molar-refractivity contribution in [2.45, 2.75) is 450 Å². The van der Waals surface area contributed by atoms with Crippen molar-refractivity contribution in [1.29, 1.82) is 0 Å². The quantitative estimate of drug-likeness (QED) is 0.0211. The van der Waals surface area contributed by atoms with Crippen LogP contribution in [0.4, 0.5) is 0 Å². The van der Waals surface area contributed by atoms with Crippen LogP contribution in [0.3, 0.4) is 0 Å². The van der Waals surface area contributed by atoms with Gasteiger partial charge in [0.25, 0.3) is 0 Å². The fraction of sp³-hybridized carbons (Fsp3) is 0.928. The number of likely N-dealkylation sites (N-methyl/N-ethyl adjacent to an activating group) is 1. The Labute approximate surface area is 580 Å². The maximum atomic E-state index is 12.9. The van der Waals surface area contributed by atoms with E-state index in [1.54, 1.807) is 0 Å². The van der Waals surface area contributed by atoms with Crippen LogP contribution in [0.15, 0.2) is 24.3 Å². The van der Waals surface area contributed by atoms with Crippen molar-refractivity contribution in [2.75, 3.05) is 47.5 Å². The molecule has 0 aliphatic carbocycles. The van der Waals surface area contributed by atoms with E-state index in [1.165, 1.54) is 372 Å². The van der Waals surface area contributed by atoms with Gasteiger partial charge in [-0.25, -0.2) is 4.57 Å². The topological polar surface area (TPSA) is 108 Å². The van der Waals surface area contributed by atoms with Crippen molar-refractivity contribution >= 4 is 19.8 Å². The second kappa shape index (κ2) is 74.7. The number of phosphoric acid groups is 1. The highest BCUT2D eigenvalue weighted by Crippen LogP contribution is 2.43. The predicted molar refractivity (Wildman–Crippen MR) is 404 cm³/mol. The van der Waals surface area contributed by atoms with Crippen LogP contribution >= 0.6 is 7.82 Å². The number of rotatable bonds is 79. The first-order valence-electron chi connectivity index (χ1n) is 41.6. The minimum absolute atomic E-state index is 0.0364. The minimum Gasteiger partial charge on any atom is -0.462 e. The van der Waals surface area contributed by atoms with Crippen molar-refractivity contribution in [2.24, 2.45) is 0 Å². The summed E-state index contributed by atoms with van der Waals surface area (Å²) in [7, 11) is 1.51. The highest BCUT2D eigenvalue weighted by molar-refractivity contribution is 7.47. The lowest BCUT2D eigenvalue weighted by Gasteiger charge is -2.24. The molecule has 552 valence electrons. The van der Waals surface area contributed by atoms with Crippen LogP contribution in [0.2, 0.25) is 0 Å². The van der Waals surface area contributed by atoms with E-state index < -0.39 is 26.5 Å². The molecular weight excluding hydrogens is 1170 g/mol. The number of unbranched alkanes of at least 4 members (excludes halogenated alkanes) is 61. The third-order valence-electron chi connectivity index (χ3n) is 19.2. The maximum absolute atomic E-state index is 12.9. The Morgan fingerprint density at radius 3 is 0.849 bits per heavy atom. The van der Waals surface area contributed by atoms with Crippen LogP contribution in [0, 0.1) is 0 Å². The molecule has 0 aromatic carbocycles. The van der Waals surface area contributed by atoms with Gasteiger partial charge in [0.15, 0.2) is 6.10 Å². The molecule has 0 aromatic rings. The Morgan fingerprint density at radius 2 is 0.581 bits per heavy atom. The Hall–Kier alpha value is -1.51. The Morgan fingerprint density at radius 1 is 0.333 bits per heavy atom. The van der Waals surface area contributed by atoms with Gasteiger partial charge in [-0.15, -0.1) is 0 Å². The van der Waals surface area contributed by atoms with Gasteiger partial charge in [-0.1, -0.05) is 411 Å². The second-order valence-electron chi connectivity index (χ2n) is 29.9. The zero-order valence-electron chi connectivity index (χ0n) is 63.3. The van der Waals surface area contributed by atoms with Crippen LogP contribution in [-0.4, -0.2) is 74.9 Å². The summed E-state index contributed by atoms with van der Waals surface area (Å²) in [4.78, 5) is 36.0. The SMILES string of the molecule is CCCCCCC/C=C\C/C=C\CCCCCCCCCCCCCCCCCCCCCCCCCC(=O)OC(COC(=O)CCCCCCCCCCCCCCCCCCCCCCCCCCCCCCCCCCCC)COP(=O)(O)OCC[N+](C)(C)C. The number of phosphoric ester groups is 1. The van der Waals surface area contributed by atoms with E-state index in [0.29, 0.717) is 17.4 Å². The summed E-state index contributed by atoms with van der Waals surface area (Å²) >= 11 is 0. The van der Waals surface area contributed by atoms with Crippen LogP contribution in [0.5, 0.6) is 0 Å². The van der Waals surface area contributed by atoms with Crippen LogP contribution in [0.1, 0.15) is 444 Å². The van der Waals surface area contributed by atoms with Gasteiger partial charge >= 0.3 is 19.8 Å². The summed E-state index contributed by atoms with van der Waals surface area (Å²) < 4.78 is 34.9. The fourth-order valence-electron chi connectivity index (χ4n) is 12.9. The molecule has 10 heteroatoms. The van der Waals surface area contributed by atoms with E-state index in [1.807, 2.05) is 21.1 Å². The maximum Gasteiger partial charge on any atom is 0.472 e. The summed E-state index contributed by atoms with van der Waals surface area (Å²) in [5.74, 6) is -0.767. The van der Waals surface area contributed by atoms with Gasteiger partial charge in [-0.2, -0.15) is 0 Å². The summed E-state index contributed by atoms with van der Waals surface area (Å²) in [5.41, 5.74) is 0. The first-order chi connectivity index (χ1) is 45.5. The van der Waals surface area contributed by atoms with E-state index in [-0.39, 0.29) is 25.6 Å². The lowest BCUT2D eigenvalue weighted by molar-refractivity contribution is -0.870. The molecule has 0 aliphatic rings. The highest BCUT2D eigenvalue weighted by atomic mass is 31.2. The average Bonchev–Trinajstić information content (AvgIpc) is 2.44. The molecule has 9 nitrogen and oxygen atoms in total. The first kappa shape index (κ1) is 91.5. The van der Waals surface area contributed by atoms with E-state index >= 15 is 0 Å². The molecule has 0 saturated heterocycles. The number of hydrogen-bond donors (Lipinski definition) is 1. The first-order valence-corrected chi connectivity index (χ1v) is 43.1. The molecule has 0 fully saturated rings. The average molecular weight is 1330 g/mol. The van der Waals surface area contributed by atoms with Gasteiger partial charge in [-0.05, 0) is 44.9 Å². The summed E-state index contributed by atoms with van der Waals surface area (Å²) in [6.07, 6.45) is 96.3. The highest BCUT2D eigenvalue weighted by Gasteiger charge is 2.27. The van der Waals surface area contributed by atoms with E-state index in [4.69, 9.17) is 18.5 Å². The number of hydrogen-bond acceptors (Lipinski definition) is 7. The summed E-state index contributed by atoms with van der Waals surface area (Å²) in [6.45, 7) is 4.52. The molecule has 2 atom stereocenters. The van der Waals surface area contributed by atoms with Crippen LogP contribution < -0.4 is 0 Å². The molecule has 0 saturated carbocycles. The number of carbonyl (C=O) groups excluding carboxylic acids is 2. The van der Waals surface area contributed by atoms with Crippen molar-refractivity contribution in [3.8, 4) is 0 Å². The Balaban J connectivity index is 3.88. The number of allylic oxidation sites excluding steroid dienone is 4. The van der Waals surface area contributed by atoms with Gasteiger partial charge in [0.05, 0.1) is 27.7 Å². The molecule has 0 spiro atoms. The number of esters is 2. The lowest BCUT2D eigenvalue weighted by atomic mass is 10.0. The van der Waals surface area contributed by atoms with E-state index in [9.17, 15) is 19.0 Å². The van der Waals surface area contributed by atoms with Crippen LogP contribution in [0.25, 0.3) is 0 Å². The Bertz CT molecular complexity index is 1610. The van der Waals surface area contributed by atoms with Crippen molar-refractivity contribution < 1.29 is 42.1 Å². The molecule has 93 heavy (non-hydrogen) atoms. The molecule has 1 N–H and O–H groups in total. The van der Waals surface area contributed by atoms with E-state index in [2.05, 4.69) is 38.2 Å². The molecule has 0 rings (SSSR count). The molecule has 0 aliphatic heterocycles. The van der Waals surface area contributed by atoms with Crippen molar-refractivity contribution in [3.63, 3.8) is 0 Å². The third kappa shape index (κ3) is 79.4. The Kier molecular flexibility index (Phi) is 73.5. The molecule has 0 amide bonds. The monoisotopic (exact) mass is 1330 g/mol. The van der Waals surface area contributed by atoms with Crippen LogP contribution in [-0.2, 0) is 32.7 Å². The molecule has 0 bridgehead atoms. The molecule has 0 heterocycles. The zero-order valence-corrected chi connectivity index (χ0v) is 64.2. The fourth-order valence-corrected chi connectivity index (χ4v) is 13.6. The normalized spacial score (nSPS) is 13.1. The van der Waals surface area contributed by atoms with Gasteiger partial charge in [-0.3, -0.25) is 18.6 Å². The number of nitrogens with zero attached hydrogens (tertiary/aromatic N) is 1. The summed E-state index contributed by atoms with van der Waals surface area (Å²) in [5, 5.41) is 0. The lowest BCUT2D eigenvalue weighted by Crippen LogP contribution is -2.37. The molecule has 0 radical (unpaired) electrons. The molecule has 0 aromatic heterocycles. The largest absolute Gasteiger partial charge is 0.472 e. The molecular formula is C83H163NO8P+. The standard InChI is InChI=1S/C83H162NO8P/c1-6-8-10-12-14-16-18-20-22-24-26-28-30-32-34-36-38-40-42-44-46-48-50-52-54-56-58-60-62-64-66-68-70-72-74-76-83(86)92-81(80-91-93(87,88)90-78-77-84(3,4)5)79-89-82(85)75-73-71-69-67-65-63-61-59-57-55-53-51-49-47-45-43-41-39-37-35-33-31-29-27-25-23-21-19-17-15-13-11-9-7-2/h18,20,24,26,81H,6-17,19,21-23,25,27-80H2,1-5H3/p+1/b20-18-,26-24-. The van der Waals surface area contributed by atoms with E-state index in [0.717, 1.165) is 44.9 Å². The third-order valence-corrected chi connectivity index (χ3v) is 20.2. The smallest absolute Gasteiger partial charge is 0.462 e. The summed E-state index contributed by atoms with van der Waals surface area (Å²) in [6, 6.07) is 0. The van der Waals surface area contributed by atoms with Gasteiger partial charge in [0, 0.05) is 12.8 Å². The minimum atomic E-state index is -4.39. The van der Waals surface area contributed by atoms with Gasteiger partial charge < -0.3 is 18.9 Å². The van der Waals surface area contributed by atoms with Crippen molar-refractivity contribution in [3.05, 3.63) is 24.3 Å². The number of carbonyl (C=O) groups is 2. The molecule has 2 unspecified atom stereocenters. The second-order valence-corrected chi connectivity index (χ2v) is 31.3. The zero-order chi connectivity index (χ0) is 67.6. The van der Waals surface area contributed by atoms with Gasteiger partial charge in [0.1, 0.15) is 19.8 Å².